The zero-order chi connectivity index (χ0) is 20.3. The highest BCUT2D eigenvalue weighted by molar-refractivity contribution is 6.30. The van der Waals surface area contributed by atoms with E-state index in [-0.39, 0.29) is 11.6 Å². The second kappa shape index (κ2) is 8.22. The molecule has 2 aromatic carbocycles. The molecule has 0 saturated carbocycles. The topological polar surface area (TPSA) is 90.1 Å². The van der Waals surface area contributed by atoms with Crippen LogP contribution in [0.2, 0.25) is 5.02 Å². The van der Waals surface area contributed by atoms with Crippen LogP contribution in [-0.2, 0) is 12.8 Å². The molecule has 1 amide bonds. The molecule has 0 spiro atoms. The number of nitrogens with one attached hydrogen (secondary N) is 1. The molecule has 0 aliphatic rings. The van der Waals surface area contributed by atoms with Crippen molar-refractivity contribution in [1.82, 2.24) is 9.78 Å². The fourth-order valence-corrected chi connectivity index (χ4v) is 2.97. The van der Waals surface area contributed by atoms with E-state index in [4.69, 9.17) is 11.6 Å². The Morgan fingerprint density at radius 3 is 2.46 bits per heavy atom. The van der Waals surface area contributed by atoms with E-state index < -0.39 is 4.92 Å². The number of aromatic nitrogens is 2. The molecule has 1 aromatic heterocycles. The van der Waals surface area contributed by atoms with Gasteiger partial charge in [0, 0.05) is 28.0 Å². The molecule has 0 radical (unpaired) electrons. The number of carbonyl (C=O) groups excluding carboxylic acids is 1. The van der Waals surface area contributed by atoms with E-state index in [1.54, 1.807) is 41.1 Å². The summed E-state index contributed by atoms with van der Waals surface area (Å²) in [7, 11) is 0. The summed E-state index contributed by atoms with van der Waals surface area (Å²) in [4.78, 5) is 23.5. The molecule has 1 N–H and O–H groups in total. The molecule has 0 aliphatic heterocycles. The molecule has 0 saturated heterocycles. The van der Waals surface area contributed by atoms with Gasteiger partial charge in [0.15, 0.2) is 0 Å². The molecule has 0 unspecified atom stereocenters. The van der Waals surface area contributed by atoms with E-state index in [0.717, 1.165) is 17.8 Å². The summed E-state index contributed by atoms with van der Waals surface area (Å²) in [6.45, 7) is 3.95. The van der Waals surface area contributed by atoms with Crippen molar-refractivity contribution in [2.75, 3.05) is 5.32 Å². The summed E-state index contributed by atoms with van der Waals surface area (Å²) in [5, 5.41) is 19.3. The first-order valence-electron chi connectivity index (χ1n) is 8.86. The maximum absolute atomic E-state index is 12.4. The van der Waals surface area contributed by atoms with Gasteiger partial charge in [0.05, 0.1) is 10.6 Å². The Hall–Kier alpha value is -3.19. The minimum atomic E-state index is -0.472. The monoisotopic (exact) mass is 398 g/mol. The van der Waals surface area contributed by atoms with Crippen molar-refractivity contribution < 1.29 is 9.72 Å². The van der Waals surface area contributed by atoms with Gasteiger partial charge < -0.3 is 5.32 Å². The van der Waals surface area contributed by atoms with Gasteiger partial charge in [-0.05, 0) is 55.3 Å². The third-order valence-corrected chi connectivity index (χ3v) is 4.57. The van der Waals surface area contributed by atoms with Crippen LogP contribution >= 0.6 is 11.6 Å². The number of halogens is 1. The molecule has 8 heteroatoms. The zero-order valence-electron chi connectivity index (χ0n) is 15.5. The normalized spacial score (nSPS) is 10.7. The highest BCUT2D eigenvalue weighted by Gasteiger charge is 2.20. The number of nitro benzene ring substituents is 1. The van der Waals surface area contributed by atoms with E-state index in [1.807, 2.05) is 19.9 Å². The Labute approximate surface area is 167 Å². The van der Waals surface area contributed by atoms with Gasteiger partial charge in [-0.15, -0.1) is 0 Å². The maximum Gasteiger partial charge on any atom is 0.296 e. The van der Waals surface area contributed by atoms with Crippen molar-refractivity contribution in [1.29, 1.82) is 0 Å². The number of amides is 1. The van der Waals surface area contributed by atoms with Gasteiger partial charge in [0.2, 0.25) is 0 Å². The van der Waals surface area contributed by atoms with Crippen LogP contribution in [0.15, 0.2) is 48.5 Å². The van der Waals surface area contributed by atoms with Crippen LogP contribution in [-0.4, -0.2) is 20.6 Å². The number of aryl methyl sites for hydroxylation is 2. The standard InChI is InChI=1S/C20H19ClN4O3/c1-3-15-11-17(4-2)24(23-15)18-10-9-16(12-19(18)25(27)28)22-20(26)13-5-7-14(21)8-6-13/h5-12H,3-4H2,1-2H3,(H,22,26). The zero-order valence-corrected chi connectivity index (χ0v) is 16.2. The van der Waals surface area contributed by atoms with Crippen LogP contribution in [0, 0.1) is 10.1 Å². The van der Waals surface area contributed by atoms with Crippen molar-refractivity contribution >= 4 is 28.9 Å². The fourth-order valence-electron chi connectivity index (χ4n) is 2.84. The van der Waals surface area contributed by atoms with Crippen LogP contribution in [0.5, 0.6) is 0 Å². The molecule has 0 aliphatic carbocycles. The van der Waals surface area contributed by atoms with Gasteiger partial charge in [-0.25, -0.2) is 4.68 Å². The minimum absolute atomic E-state index is 0.130. The lowest BCUT2D eigenvalue weighted by atomic mass is 10.2. The number of nitrogens with zero attached hydrogens (tertiary/aromatic N) is 3. The van der Waals surface area contributed by atoms with Gasteiger partial charge in [-0.2, -0.15) is 5.10 Å². The summed E-state index contributed by atoms with van der Waals surface area (Å²) in [6, 6.07) is 12.9. The molecule has 28 heavy (non-hydrogen) atoms. The SMILES string of the molecule is CCc1cc(CC)n(-c2ccc(NC(=O)c3ccc(Cl)cc3)cc2[N+](=O)[O-])n1. The second-order valence-corrected chi connectivity index (χ2v) is 6.60. The quantitative estimate of drug-likeness (QED) is 0.476. The van der Waals surface area contributed by atoms with Gasteiger partial charge in [0.25, 0.3) is 11.6 Å². The largest absolute Gasteiger partial charge is 0.322 e. The van der Waals surface area contributed by atoms with Crippen LogP contribution < -0.4 is 5.32 Å². The first kappa shape index (κ1) is 19.6. The number of hydrogen-bond donors (Lipinski definition) is 1. The van der Waals surface area contributed by atoms with Crippen molar-refractivity contribution in [2.24, 2.45) is 0 Å². The fraction of sp³-hybridized carbons (Fsp3) is 0.200. The summed E-state index contributed by atoms with van der Waals surface area (Å²) in [5.74, 6) is -0.375. The average Bonchev–Trinajstić information content (AvgIpc) is 3.11. The molecule has 0 fully saturated rings. The lowest BCUT2D eigenvalue weighted by Crippen LogP contribution is -2.12. The van der Waals surface area contributed by atoms with Crippen LogP contribution in [0.3, 0.4) is 0 Å². The van der Waals surface area contributed by atoms with E-state index >= 15 is 0 Å². The Morgan fingerprint density at radius 2 is 1.86 bits per heavy atom. The smallest absolute Gasteiger partial charge is 0.296 e. The predicted octanol–water partition coefficient (Wildman–Crippen LogP) is 4.81. The van der Waals surface area contributed by atoms with Crippen molar-refractivity contribution in [3.05, 3.63) is 80.6 Å². The minimum Gasteiger partial charge on any atom is -0.322 e. The molecule has 0 bridgehead atoms. The summed E-state index contributed by atoms with van der Waals surface area (Å²) in [5.41, 5.74) is 2.73. The lowest BCUT2D eigenvalue weighted by molar-refractivity contribution is -0.384. The molecular weight excluding hydrogens is 380 g/mol. The van der Waals surface area contributed by atoms with E-state index in [2.05, 4.69) is 10.4 Å². The van der Waals surface area contributed by atoms with Crippen LogP contribution in [0.4, 0.5) is 11.4 Å². The number of nitro groups is 1. The second-order valence-electron chi connectivity index (χ2n) is 6.17. The van der Waals surface area contributed by atoms with Gasteiger partial charge in [0.1, 0.15) is 5.69 Å². The molecular formula is C20H19ClN4O3. The third kappa shape index (κ3) is 4.04. The van der Waals surface area contributed by atoms with Crippen molar-refractivity contribution in [3.8, 4) is 5.69 Å². The molecule has 3 aromatic rings. The van der Waals surface area contributed by atoms with E-state index in [9.17, 15) is 14.9 Å². The van der Waals surface area contributed by atoms with Crippen LogP contribution in [0.1, 0.15) is 35.6 Å². The van der Waals surface area contributed by atoms with Gasteiger partial charge in [-0.3, -0.25) is 14.9 Å². The number of anilines is 1. The van der Waals surface area contributed by atoms with Crippen molar-refractivity contribution in [3.63, 3.8) is 0 Å². The molecule has 144 valence electrons. The first-order chi connectivity index (χ1) is 13.4. The average molecular weight is 399 g/mol. The predicted molar refractivity (Wildman–Crippen MR) is 108 cm³/mol. The number of rotatable bonds is 6. The summed E-state index contributed by atoms with van der Waals surface area (Å²) < 4.78 is 1.60. The van der Waals surface area contributed by atoms with E-state index in [0.29, 0.717) is 28.4 Å². The highest BCUT2D eigenvalue weighted by Crippen LogP contribution is 2.28. The third-order valence-electron chi connectivity index (χ3n) is 4.32. The first-order valence-corrected chi connectivity index (χ1v) is 9.24. The number of carbonyl (C=O) groups is 1. The Morgan fingerprint density at radius 1 is 1.14 bits per heavy atom. The lowest BCUT2D eigenvalue weighted by Gasteiger charge is -2.10. The number of benzene rings is 2. The Kier molecular flexibility index (Phi) is 5.75. The number of hydrogen-bond acceptors (Lipinski definition) is 4. The highest BCUT2D eigenvalue weighted by atomic mass is 35.5. The maximum atomic E-state index is 12.4. The van der Waals surface area contributed by atoms with Crippen LogP contribution in [0.25, 0.3) is 5.69 Å². The molecule has 1 heterocycles. The Balaban J connectivity index is 1.95. The summed E-state index contributed by atoms with van der Waals surface area (Å²) >= 11 is 5.83. The van der Waals surface area contributed by atoms with Crippen molar-refractivity contribution in [2.45, 2.75) is 26.7 Å². The van der Waals surface area contributed by atoms with E-state index in [1.165, 1.54) is 6.07 Å². The molecule has 0 atom stereocenters. The van der Waals surface area contributed by atoms with Gasteiger partial charge in [-0.1, -0.05) is 25.4 Å². The molecule has 7 nitrogen and oxygen atoms in total. The molecule has 3 rings (SSSR count). The Bertz CT molecular complexity index is 1030. The summed E-state index contributed by atoms with van der Waals surface area (Å²) in [6.07, 6.45) is 1.43. The van der Waals surface area contributed by atoms with Gasteiger partial charge >= 0.3 is 0 Å².